The highest BCUT2D eigenvalue weighted by atomic mass is 32.2. The van der Waals surface area contributed by atoms with Crippen molar-refractivity contribution in [1.29, 1.82) is 0 Å². The van der Waals surface area contributed by atoms with Crippen molar-refractivity contribution < 1.29 is 26.4 Å². The maximum Gasteiger partial charge on any atom is 0.229 e. The van der Waals surface area contributed by atoms with Gasteiger partial charge in [-0.05, 0) is 42.3 Å². The first kappa shape index (κ1) is 23.9. The van der Waals surface area contributed by atoms with Crippen LogP contribution in [0.25, 0.3) is 10.2 Å². The molecule has 4 rings (SSSR count). The van der Waals surface area contributed by atoms with E-state index in [0.717, 1.165) is 41.2 Å². The number of carbonyl (C=O) groups is 1. The van der Waals surface area contributed by atoms with E-state index in [0.29, 0.717) is 0 Å². The molecule has 0 atom stereocenters. The van der Waals surface area contributed by atoms with Crippen molar-refractivity contribution in [2.75, 3.05) is 10.7 Å². The molecule has 0 fully saturated rings. The zero-order chi connectivity index (χ0) is 24.3. The second-order valence-corrected chi connectivity index (χ2v) is 10.7. The molecule has 4 aromatic rings. The number of rotatable bonds is 8. The van der Waals surface area contributed by atoms with Crippen molar-refractivity contribution in [3.8, 4) is 0 Å². The number of fused-ring (bicyclic) bond motifs is 1. The number of nitrogens with zero attached hydrogens (tertiary/aromatic N) is 2. The molecule has 0 radical (unpaired) electrons. The highest BCUT2D eigenvalue weighted by molar-refractivity contribution is 7.91. The minimum Gasteiger partial charge on any atom is -0.284 e. The van der Waals surface area contributed by atoms with Crippen LogP contribution in [0, 0.1) is 17.5 Å². The number of amides is 1. The van der Waals surface area contributed by atoms with Gasteiger partial charge in [0.2, 0.25) is 5.91 Å². The highest BCUT2D eigenvalue weighted by Gasteiger charge is 2.23. The molecule has 0 bridgehead atoms. The minimum absolute atomic E-state index is 0.0221. The zero-order valence-corrected chi connectivity index (χ0v) is 19.4. The largest absolute Gasteiger partial charge is 0.284 e. The van der Waals surface area contributed by atoms with Crippen LogP contribution in [0.4, 0.5) is 18.3 Å². The number of aromatic nitrogens is 1. The second-order valence-electron chi connectivity index (χ2n) is 7.57. The molecule has 0 aliphatic heterocycles. The van der Waals surface area contributed by atoms with Crippen molar-refractivity contribution >= 4 is 42.4 Å². The predicted molar refractivity (Wildman–Crippen MR) is 125 cm³/mol. The van der Waals surface area contributed by atoms with Gasteiger partial charge < -0.3 is 0 Å². The molecule has 0 saturated heterocycles. The lowest BCUT2D eigenvalue weighted by atomic mass is 10.2. The van der Waals surface area contributed by atoms with Crippen LogP contribution in [0.2, 0.25) is 0 Å². The van der Waals surface area contributed by atoms with Crippen LogP contribution in [0.5, 0.6) is 0 Å². The van der Waals surface area contributed by atoms with Crippen LogP contribution < -0.4 is 4.90 Å². The van der Waals surface area contributed by atoms with E-state index < -0.39 is 33.2 Å². The second kappa shape index (κ2) is 9.94. The number of sulfone groups is 1. The fourth-order valence-corrected chi connectivity index (χ4v) is 5.73. The summed E-state index contributed by atoms with van der Waals surface area (Å²) in [5.74, 6) is -2.82. The van der Waals surface area contributed by atoms with Gasteiger partial charge in [-0.2, -0.15) is 0 Å². The Morgan fingerprint density at radius 1 is 0.941 bits per heavy atom. The molecule has 0 saturated carbocycles. The summed E-state index contributed by atoms with van der Waals surface area (Å²) >= 11 is 0.979. The van der Waals surface area contributed by atoms with E-state index in [2.05, 4.69) is 4.98 Å². The first-order valence-electron chi connectivity index (χ1n) is 10.3. The third kappa shape index (κ3) is 5.45. The average Bonchev–Trinajstić information content (AvgIpc) is 3.22. The van der Waals surface area contributed by atoms with Crippen LogP contribution in [0.1, 0.15) is 18.4 Å². The SMILES string of the molecule is O=C(CCCS(=O)(=O)c1ccc(F)cc1)N(Cc1ccccc1)c1nc2c(F)cc(F)cc2s1. The number of benzene rings is 3. The molecule has 0 aliphatic carbocycles. The Bertz CT molecular complexity index is 1420. The summed E-state index contributed by atoms with van der Waals surface area (Å²) in [5, 5.41) is 0.190. The predicted octanol–water partition coefficient (Wildman–Crippen LogP) is 5.50. The van der Waals surface area contributed by atoms with Crippen molar-refractivity contribution in [2.45, 2.75) is 24.3 Å². The molecular formula is C24H19F3N2O3S2. The summed E-state index contributed by atoms with van der Waals surface area (Å²) in [5.41, 5.74) is 0.756. The Balaban J connectivity index is 1.55. The lowest BCUT2D eigenvalue weighted by Gasteiger charge is -2.20. The smallest absolute Gasteiger partial charge is 0.229 e. The lowest BCUT2D eigenvalue weighted by molar-refractivity contribution is -0.118. The average molecular weight is 505 g/mol. The highest BCUT2D eigenvalue weighted by Crippen LogP contribution is 2.32. The maximum absolute atomic E-state index is 14.2. The van der Waals surface area contributed by atoms with Gasteiger partial charge in [-0.1, -0.05) is 41.7 Å². The number of halogens is 3. The van der Waals surface area contributed by atoms with Gasteiger partial charge in [0, 0.05) is 12.5 Å². The van der Waals surface area contributed by atoms with Crippen molar-refractivity contribution in [3.63, 3.8) is 0 Å². The quantitative estimate of drug-likeness (QED) is 0.297. The fraction of sp³-hybridized carbons (Fsp3) is 0.167. The van der Waals surface area contributed by atoms with E-state index in [1.807, 2.05) is 18.2 Å². The van der Waals surface area contributed by atoms with E-state index in [4.69, 9.17) is 0 Å². The molecule has 1 heterocycles. The molecular weight excluding hydrogens is 485 g/mol. The number of hydrogen-bond donors (Lipinski definition) is 0. The summed E-state index contributed by atoms with van der Waals surface area (Å²) in [7, 11) is -3.69. The minimum atomic E-state index is -3.69. The summed E-state index contributed by atoms with van der Waals surface area (Å²) in [6.45, 7) is 0.133. The first-order valence-corrected chi connectivity index (χ1v) is 12.8. The summed E-state index contributed by atoms with van der Waals surface area (Å²) in [4.78, 5) is 18.7. The molecule has 0 N–H and O–H groups in total. The number of anilines is 1. The maximum atomic E-state index is 14.2. The summed E-state index contributed by atoms with van der Waals surface area (Å²) in [6.07, 6.45) is -0.0856. The van der Waals surface area contributed by atoms with Gasteiger partial charge in [0.05, 0.1) is 21.9 Å². The van der Waals surface area contributed by atoms with Crippen LogP contribution in [-0.2, 0) is 21.2 Å². The van der Waals surface area contributed by atoms with Crippen molar-refractivity contribution in [2.24, 2.45) is 0 Å². The van der Waals surface area contributed by atoms with Crippen LogP contribution in [0.3, 0.4) is 0 Å². The normalized spacial score (nSPS) is 11.6. The van der Waals surface area contributed by atoms with Crippen molar-refractivity contribution in [1.82, 2.24) is 4.98 Å². The lowest BCUT2D eigenvalue weighted by Crippen LogP contribution is -2.30. The van der Waals surface area contributed by atoms with E-state index in [1.54, 1.807) is 12.1 Å². The standard InChI is InChI=1S/C24H19F3N2O3S2/c25-17-8-10-19(11-9-17)34(31,32)12-4-7-22(30)29(15-16-5-2-1-3-6-16)24-28-23-20(27)13-18(26)14-21(23)33-24/h1-3,5-6,8-11,13-14H,4,7,12,15H2. The van der Waals surface area contributed by atoms with Gasteiger partial charge in [0.25, 0.3) is 0 Å². The molecule has 0 aliphatic rings. The third-order valence-electron chi connectivity index (χ3n) is 5.09. The Kier molecular flexibility index (Phi) is 6.99. The van der Waals surface area contributed by atoms with Gasteiger partial charge in [-0.15, -0.1) is 0 Å². The molecule has 3 aromatic carbocycles. The molecule has 34 heavy (non-hydrogen) atoms. The topological polar surface area (TPSA) is 67.3 Å². The van der Waals surface area contributed by atoms with E-state index >= 15 is 0 Å². The zero-order valence-electron chi connectivity index (χ0n) is 17.7. The van der Waals surface area contributed by atoms with Crippen molar-refractivity contribution in [3.05, 3.63) is 89.7 Å². The van der Waals surface area contributed by atoms with Crippen LogP contribution in [-0.4, -0.2) is 25.1 Å². The van der Waals surface area contributed by atoms with E-state index in [9.17, 15) is 26.4 Å². The molecule has 0 unspecified atom stereocenters. The Hall–Kier alpha value is -3.24. The van der Waals surface area contributed by atoms with E-state index in [-0.39, 0.29) is 45.4 Å². The molecule has 1 amide bonds. The number of hydrogen-bond acceptors (Lipinski definition) is 5. The van der Waals surface area contributed by atoms with Crippen LogP contribution >= 0.6 is 11.3 Å². The van der Waals surface area contributed by atoms with Gasteiger partial charge in [0.1, 0.15) is 17.2 Å². The Labute approximate surface area is 198 Å². The molecule has 176 valence electrons. The third-order valence-corrected chi connectivity index (χ3v) is 7.94. The summed E-state index contributed by atoms with van der Waals surface area (Å²) in [6, 6.07) is 15.4. The fourth-order valence-electron chi connectivity index (χ4n) is 3.40. The van der Waals surface area contributed by atoms with Crippen LogP contribution in [0.15, 0.2) is 71.6 Å². The summed E-state index contributed by atoms with van der Waals surface area (Å²) < 4.78 is 66.2. The molecule has 1 aromatic heterocycles. The first-order chi connectivity index (χ1) is 16.2. The van der Waals surface area contributed by atoms with Gasteiger partial charge in [-0.25, -0.2) is 26.6 Å². The van der Waals surface area contributed by atoms with Gasteiger partial charge in [0.15, 0.2) is 20.8 Å². The molecule has 5 nitrogen and oxygen atoms in total. The number of thiazole rings is 1. The monoisotopic (exact) mass is 504 g/mol. The van der Waals surface area contributed by atoms with E-state index in [1.165, 1.54) is 17.0 Å². The molecule has 10 heteroatoms. The number of carbonyl (C=O) groups excluding carboxylic acids is 1. The Morgan fingerprint density at radius 3 is 2.35 bits per heavy atom. The Morgan fingerprint density at radius 2 is 1.65 bits per heavy atom. The van der Waals surface area contributed by atoms with Gasteiger partial charge >= 0.3 is 0 Å². The van der Waals surface area contributed by atoms with Gasteiger partial charge in [-0.3, -0.25) is 9.69 Å². The molecule has 0 spiro atoms.